The monoisotopic (exact) mass is 272 g/mol. The van der Waals surface area contributed by atoms with E-state index in [0.29, 0.717) is 12.4 Å². The molecule has 0 bridgehead atoms. The van der Waals surface area contributed by atoms with Gasteiger partial charge in [-0.05, 0) is 23.8 Å². The summed E-state index contributed by atoms with van der Waals surface area (Å²) in [4.78, 5) is 1.98. The molecule has 0 saturated heterocycles. The molecule has 5 nitrogen and oxygen atoms in total. The first-order chi connectivity index (χ1) is 9.69. The maximum Gasteiger partial charge on any atom is 0.123 e. The van der Waals surface area contributed by atoms with Crippen LogP contribution >= 0.6 is 0 Å². The largest absolute Gasteiger partial charge is 0.411 e. The van der Waals surface area contributed by atoms with Crippen molar-refractivity contribution in [2.24, 2.45) is 5.16 Å². The van der Waals surface area contributed by atoms with Crippen molar-refractivity contribution in [1.29, 1.82) is 0 Å². The van der Waals surface area contributed by atoms with Gasteiger partial charge >= 0.3 is 0 Å². The second-order valence-corrected chi connectivity index (χ2v) is 4.61. The molecule has 1 aromatic heterocycles. The lowest BCUT2D eigenvalue weighted by atomic mass is 10.0. The van der Waals surface area contributed by atoms with Crippen LogP contribution in [0.15, 0.2) is 35.6 Å². The number of hydrogen-bond acceptors (Lipinski definition) is 4. The van der Waals surface area contributed by atoms with Gasteiger partial charge in [-0.15, -0.1) is 0 Å². The molecule has 2 heterocycles. The van der Waals surface area contributed by atoms with E-state index < -0.39 is 0 Å². The first kappa shape index (κ1) is 12.4. The van der Waals surface area contributed by atoms with E-state index in [2.05, 4.69) is 10.3 Å². The van der Waals surface area contributed by atoms with E-state index in [-0.39, 0.29) is 5.82 Å². The quantitative estimate of drug-likeness (QED) is 0.519. The normalized spacial score (nSPS) is 14.0. The Labute approximate surface area is 115 Å². The molecule has 0 unspecified atom stereocenters. The van der Waals surface area contributed by atoms with Crippen LogP contribution < -0.4 is 0 Å². The molecule has 0 amide bonds. The lowest BCUT2D eigenvalue weighted by Gasteiger charge is -2.20. The minimum atomic E-state index is -0.289. The summed E-state index contributed by atoms with van der Waals surface area (Å²) in [6.45, 7) is 0.610. The summed E-state index contributed by atoms with van der Waals surface area (Å²) in [5.41, 5.74) is 3.11. The van der Waals surface area contributed by atoms with Crippen LogP contribution in [0.4, 0.5) is 4.39 Å². The molecule has 0 aliphatic carbocycles. The van der Waals surface area contributed by atoms with E-state index in [1.807, 2.05) is 28.9 Å². The van der Waals surface area contributed by atoms with E-state index in [0.717, 1.165) is 16.8 Å². The fraction of sp³-hybridized carbons (Fsp3) is 0.143. The van der Waals surface area contributed by atoms with Crippen LogP contribution in [0.1, 0.15) is 11.4 Å². The summed E-state index contributed by atoms with van der Waals surface area (Å²) in [5.74, 6) is -0.289. The Morgan fingerprint density at radius 3 is 2.80 bits per heavy atom. The Hall–Kier alpha value is -2.63. The summed E-state index contributed by atoms with van der Waals surface area (Å²) in [6, 6.07) is 6.18. The van der Waals surface area contributed by atoms with Gasteiger partial charge in [0.15, 0.2) is 0 Å². The van der Waals surface area contributed by atoms with Gasteiger partial charge in [0.1, 0.15) is 18.2 Å². The van der Waals surface area contributed by atoms with Crippen LogP contribution in [0, 0.1) is 5.82 Å². The zero-order valence-corrected chi connectivity index (χ0v) is 10.9. The molecule has 2 aromatic rings. The molecule has 0 fully saturated rings. The Balaban J connectivity index is 2.19. The summed E-state index contributed by atoms with van der Waals surface area (Å²) in [6.07, 6.45) is 5.17. The van der Waals surface area contributed by atoms with E-state index in [4.69, 9.17) is 5.21 Å². The van der Waals surface area contributed by atoms with E-state index in [9.17, 15) is 4.39 Å². The molecule has 20 heavy (non-hydrogen) atoms. The summed E-state index contributed by atoms with van der Waals surface area (Å²) < 4.78 is 14.9. The molecule has 1 N–H and O–H groups in total. The highest BCUT2D eigenvalue weighted by molar-refractivity contribution is 5.91. The molecule has 0 saturated carbocycles. The summed E-state index contributed by atoms with van der Waals surface area (Å²) in [7, 11) is 1.94. The third-order valence-corrected chi connectivity index (χ3v) is 3.18. The molecule has 0 atom stereocenters. The van der Waals surface area contributed by atoms with Crippen LogP contribution in [0.2, 0.25) is 0 Å². The van der Waals surface area contributed by atoms with Crippen LogP contribution in [0.3, 0.4) is 0 Å². The standard InChI is InChI=1S/C14H13FN4O/c1-18-7-6-13-14(10-2-4-11(15)5-3-10)12(8-16-20)17-19(13)9-18/h2-8,20H,9H2,1H3. The van der Waals surface area contributed by atoms with Gasteiger partial charge in [-0.25, -0.2) is 9.07 Å². The Morgan fingerprint density at radius 2 is 2.10 bits per heavy atom. The van der Waals surface area contributed by atoms with Gasteiger partial charge in [0.25, 0.3) is 0 Å². The maximum atomic E-state index is 13.1. The minimum absolute atomic E-state index is 0.289. The van der Waals surface area contributed by atoms with E-state index in [1.54, 1.807) is 12.1 Å². The van der Waals surface area contributed by atoms with Crippen molar-refractivity contribution in [3.8, 4) is 11.1 Å². The number of nitrogens with zero attached hydrogens (tertiary/aromatic N) is 4. The lowest BCUT2D eigenvalue weighted by Crippen LogP contribution is -2.21. The molecule has 1 aliphatic rings. The predicted octanol–water partition coefficient (Wildman–Crippen LogP) is 2.37. The van der Waals surface area contributed by atoms with E-state index >= 15 is 0 Å². The first-order valence-corrected chi connectivity index (χ1v) is 6.11. The van der Waals surface area contributed by atoms with Crippen molar-refractivity contribution < 1.29 is 9.60 Å². The van der Waals surface area contributed by atoms with Gasteiger partial charge in [0, 0.05) is 18.8 Å². The fourth-order valence-corrected chi connectivity index (χ4v) is 2.29. The van der Waals surface area contributed by atoms with Gasteiger partial charge < -0.3 is 10.1 Å². The fourth-order valence-electron chi connectivity index (χ4n) is 2.29. The summed E-state index contributed by atoms with van der Waals surface area (Å²) in [5, 5.41) is 16.2. The molecule has 1 aromatic carbocycles. The Kier molecular flexibility index (Phi) is 2.98. The molecule has 6 heteroatoms. The van der Waals surface area contributed by atoms with Crippen LogP contribution in [0.5, 0.6) is 0 Å². The highest BCUT2D eigenvalue weighted by atomic mass is 19.1. The smallest absolute Gasteiger partial charge is 0.123 e. The third kappa shape index (κ3) is 2.05. The van der Waals surface area contributed by atoms with Crippen molar-refractivity contribution in [3.63, 3.8) is 0 Å². The molecule has 102 valence electrons. The number of benzene rings is 1. The van der Waals surface area contributed by atoms with E-state index in [1.165, 1.54) is 18.3 Å². The number of aromatic nitrogens is 2. The van der Waals surface area contributed by atoms with Crippen molar-refractivity contribution >= 4 is 12.3 Å². The van der Waals surface area contributed by atoms with Crippen LogP contribution in [-0.2, 0) is 6.67 Å². The molecular formula is C14H13FN4O. The number of fused-ring (bicyclic) bond motifs is 1. The van der Waals surface area contributed by atoms with Gasteiger partial charge in [0.2, 0.25) is 0 Å². The Bertz CT molecular complexity index is 688. The Morgan fingerprint density at radius 1 is 1.35 bits per heavy atom. The molecular weight excluding hydrogens is 259 g/mol. The van der Waals surface area contributed by atoms with Gasteiger partial charge in [0.05, 0.1) is 11.9 Å². The third-order valence-electron chi connectivity index (χ3n) is 3.18. The highest BCUT2D eigenvalue weighted by Gasteiger charge is 2.19. The topological polar surface area (TPSA) is 53.6 Å². The molecule has 0 radical (unpaired) electrons. The van der Waals surface area contributed by atoms with Crippen molar-refractivity contribution in [1.82, 2.24) is 14.7 Å². The molecule has 1 aliphatic heterocycles. The molecule has 3 rings (SSSR count). The number of oxime groups is 1. The second-order valence-electron chi connectivity index (χ2n) is 4.61. The number of rotatable bonds is 2. The predicted molar refractivity (Wildman–Crippen MR) is 73.8 cm³/mol. The highest BCUT2D eigenvalue weighted by Crippen LogP contribution is 2.30. The second kappa shape index (κ2) is 4.80. The minimum Gasteiger partial charge on any atom is -0.411 e. The summed E-state index contributed by atoms with van der Waals surface area (Å²) >= 11 is 0. The van der Waals surface area contributed by atoms with Crippen molar-refractivity contribution in [3.05, 3.63) is 47.7 Å². The first-order valence-electron chi connectivity index (χ1n) is 6.11. The SMILES string of the molecule is CN1C=Cc2c(-c3ccc(F)cc3)c(C=NO)nn2C1. The lowest BCUT2D eigenvalue weighted by molar-refractivity contribution is 0.321. The zero-order chi connectivity index (χ0) is 14.1. The van der Waals surface area contributed by atoms with Gasteiger partial charge in [-0.3, -0.25) is 0 Å². The van der Waals surface area contributed by atoms with Crippen molar-refractivity contribution in [2.75, 3.05) is 7.05 Å². The average Bonchev–Trinajstić information content (AvgIpc) is 2.77. The molecule has 0 spiro atoms. The zero-order valence-electron chi connectivity index (χ0n) is 10.9. The van der Waals surface area contributed by atoms with Crippen LogP contribution in [-0.4, -0.2) is 33.1 Å². The van der Waals surface area contributed by atoms with Crippen molar-refractivity contribution in [2.45, 2.75) is 6.67 Å². The average molecular weight is 272 g/mol. The van der Waals surface area contributed by atoms with Gasteiger partial charge in [-0.2, -0.15) is 5.10 Å². The number of halogens is 1. The van der Waals surface area contributed by atoms with Gasteiger partial charge in [-0.1, -0.05) is 17.3 Å². The number of hydrogen-bond donors (Lipinski definition) is 1. The van der Waals surface area contributed by atoms with Crippen LogP contribution in [0.25, 0.3) is 17.2 Å². The maximum absolute atomic E-state index is 13.1.